The molecule has 0 saturated heterocycles. The number of anilines is 2. The number of hydrogen-bond donors (Lipinski definition) is 2. The minimum atomic E-state index is -3.64. The fourth-order valence-electron chi connectivity index (χ4n) is 4.16. The maximum atomic E-state index is 13.4. The molecular weight excluding hydrogens is 431 g/mol. The highest BCUT2D eigenvalue weighted by Crippen LogP contribution is 2.30. The molecule has 0 atom stereocenters. The Kier molecular flexibility index (Phi) is 6.66. The van der Waals surface area contributed by atoms with Gasteiger partial charge in [-0.15, -0.1) is 0 Å². The van der Waals surface area contributed by atoms with Gasteiger partial charge in [-0.1, -0.05) is 18.2 Å². The first-order chi connectivity index (χ1) is 15.3. The maximum Gasteiger partial charge on any atom is 0.301 e. The van der Waals surface area contributed by atoms with E-state index in [9.17, 15) is 12.8 Å². The first-order valence-electron chi connectivity index (χ1n) is 11.0. The number of oxazole rings is 1. The number of aromatic nitrogens is 1. The molecule has 1 heterocycles. The number of benzene rings is 2. The molecule has 1 aromatic heterocycles. The molecular formula is C23H29FN4O3S. The number of para-hydroxylation sites is 1. The topological polar surface area (TPSA) is 87.5 Å². The van der Waals surface area contributed by atoms with Gasteiger partial charge in [0.25, 0.3) is 6.01 Å². The van der Waals surface area contributed by atoms with Gasteiger partial charge in [-0.2, -0.15) is 18.1 Å². The van der Waals surface area contributed by atoms with Crippen molar-refractivity contribution in [1.82, 2.24) is 9.71 Å². The van der Waals surface area contributed by atoms with Gasteiger partial charge < -0.3 is 9.73 Å². The molecule has 1 aliphatic rings. The van der Waals surface area contributed by atoms with E-state index in [2.05, 4.69) is 15.0 Å². The molecule has 0 unspecified atom stereocenters. The summed E-state index contributed by atoms with van der Waals surface area (Å²) in [6.45, 7) is 4.07. The van der Waals surface area contributed by atoms with E-state index >= 15 is 0 Å². The number of hydrogen-bond acceptors (Lipinski definition) is 5. The SMILES string of the molecule is CC(C)NS(=O)(=O)N(CC1CCC(Nc2nc3ccc(F)cc3o2)CC1)c1ccccc1. The molecule has 9 heteroatoms. The summed E-state index contributed by atoms with van der Waals surface area (Å²) in [5.41, 5.74) is 1.70. The monoisotopic (exact) mass is 460 g/mol. The summed E-state index contributed by atoms with van der Waals surface area (Å²) >= 11 is 0. The molecule has 32 heavy (non-hydrogen) atoms. The zero-order valence-corrected chi connectivity index (χ0v) is 19.1. The Bertz CT molecular complexity index is 1140. The third-order valence-corrected chi connectivity index (χ3v) is 7.38. The minimum absolute atomic E-state index is 0.180. The first-order valence-corrected chi connectivity index (χ1v) is 12.4. The smallest absolute Gasteiger partial charge is 0.301 e. The van der Waals surface area contributed by atoms with Crippen LogP contribution in [0.3, 0.4) is 0 Å². The molecule has 2 N–H and O–H groups in total. The maximum absolute atomic E-state index is 13.4. The molecule has 0 aliphatic heterocycles. The van der Waals surface area contributed by atoms with Crippen LogP contribution in [0.4, 0.5) is 16.1 Å². The fraction of sp³-hybridized carbons (Fsp3) is 0.435. The summed E-state index contributed by atoms with van der Waals surface area (Å²) < 4.78 is 49.2. The van der Waals surface area contributed by atoms with Gasteiger partial charge in [0.05, 0.1) is 5.69 Å². The van der Waals surface area contributed by atoms with Crippen LogP contribution in [0.5, 0.6) is 0 Å². The Morgan fingerprint density at radius 2 is 1.84 bits per heavy atom. The van der Waals surface area contributed by atoms with Crippen LogP contribution in [0.25, 0.3) is 11.1 Å². The number of nitrogens with one attached hydrogen (secondary N) is 2. The fourth-order valence-corrected chi connectivity index (χ4v) is 5.69. The van der Waals surface area contributed by atoms with Gasteiger partial charge in [0, 0.05) is 24.7 Å². The second-order valence-corrected chi connectivity index (χ2v) is 10.3. The van der Waals surface area contributed by atoms with E-state index in [1.807, 2.05) is 44.2 Å². The minimum Gasteiger partial charge on any atom is -0.423 e. The van der Waals surface area contributed by atoms with Gasteiger partial charge in [-0.05, 0) is 69.7 Å². The second kappa shape index (κ2) is 9.46. The van der Waals surface area contributed by atoms with Crippen molar-refractivity contribution >= 4 is 33.0 Å². The van der Waals surface area contributed by atoms with Gasteiger partial charge in [-0.25, -0.2) is 4.39 Å². The molecule has 1 saturated carbocycles. The normalized spacial score (nSPS) is 19.4. The Morgan fingerprint density at radius 3 is 2.53 bits per heavy atom. The number of halogens is 1. The number of rotatable bonds is 8. The molecule has 0 radical (unpaired) electrons. The largest absolute Gasteiger partial charge is 0.423 e. The predicted molar refractivity (Wildman–Crippen MR) is 124 cm³/mol. The van der Waals surface area contributed by atoms with Crippen LogP contribution in [0.2, 0.25) is 0 Å². The summed E-state index contributed by atoms with van der Waals surface area (Å²) in [5, 5.41) is 3.31. The summed E-state index contributed by atoms with van der Waals surface area (Å²) in [6.07, 6.45) is 3.51. The van der Waals surface area contributed by atoms with Crippen molar-refractivity contribution in [2.75, 3.05) is 16.2 Å². The van der Waals surface area contributed by atoms with E-state index in [0.29, 0.717) is 29.3 Å². The lowest BCUT2D eigenvalue weighted by Crippen LogP contribution is -2.46. The molecule has 2 aromatic carbocycles. The number of fused-ring (bicyclic) bond motifs is 1. The van der Waals surface area contributed by atoms with Crippen molar-refractivity contribution in [1.29, 1.82) is 0 Å². The van der Waals surface area contributed by atoms with Crippen molar-refractivity contribution in [3.63, 3.8) is 0 Å². The lowest BCUT2D eigenvalue weighted by atomic mass is 9.86. The summed E-state index contributed by atoms with van der Waals surface area (Å²) in [5.74, 6) is -0.111. The molecule has 0 bridgehead atoms. The van der Waals surface area contributed by atoms with E-state index in [1.54, 1.807) is 6.07 Å². The van der Waals surface area contributed by atoms with Gasteiger partial charge in [0.2, 0.25) is 0 Å². The van der Waals surface area contributed by atoms with E-state index in [-0.39, 0.29) is 23.8 Å². The van der Waals surface area contributed by atoms with Gasteiger partial charge in [0.1, 0.15) is 11.3 Å². The Morgan fingerprint density at radius 1 is 1.12 bits per heavy atom. The number of nitrogens with zero attached hydrogens (tertiary/aromatic N) is 2. The first kappa shape index (κ1) is 22.5. The second-order valence-electron chi connectivity index (χ2n) is 8.64. The van der Waals surface area contributed by atoms with Crippen molar-refractivity contribution in [2.45, 2.75) is 51.6 Å². The Hall–Kier alpha value is -2.65. The summed E-state index contributed by atoms with van der Waals surface area (Å²) in [7, 11) is -3.64. The molecule has 4 rings (SSSR count). The van der Waals surface area contributed by atoms with Crippen LogP contribution in [0.15, 0.2) is 52.9 Å². The quantitative estimate of drug-likeness (QED) is 0.509. The van der Waals surface area contributed by atoms with Crippen LogP contribution in [-0.2, 0) is 10.2 Å². The Balaban J connectivity index is 1.39. The lowest BCUT2D eigenvalue weighted by molar-refractivity contribution is 0.341. The molecule has 1 aliphatic carbocycles. The van der Waals surface area contributed by atoms with Crippen LogP contribution in [0.1, 0.15) is 39.5 Å². The van der Waals surface area contributed by atoms with Crippen LogP contribution in [-0.4, -0.2) is 32.0 Å². The van der Waals surface area contributed by atoms with E-state index < -0.39 is 10.2 Å². The van der Waals surface area contributed by atoms with E-state index in [4.69, 9.17) is 4.42 Å². The van der Waals surface area contributed by atoms with Crippen molar-refractivity contribution < 1.29 is 17.2 Å². The van der Waals surface area contributed by atoms with Crippen LogP contribution in [0, 0.1) is 11.7 Å². The summed E-state index contributed by atoms with van der Waals surface area (Å²) in [6, 6.07) is 13.9. The standard InChI is InChI=1S/C23H29FN4O3S/c1-16(2)27-32(29,30)28(20-6-4-3-5-7-20)15-17-8-11-19(12-9-17)25-23-26-21-13-10-18(24)14-22(21)31-23/h3-7,10,13-14,16-17,19,27H,8-9,11-12,15H2,1-2H3,(H,25,26). The van der Waals surface area contributed by atoms with Crippen LogP contribution < -0.4 is 14.3 Å². The van der Waals surface area contributed by atoms with Crippen molar-refractivity contribution in [2.24, 2.45) is 5.92 Å². The van der Waals surface area contributed by atoms with E-state index in [0.717, 1.165) is 25.7 Å². The highest BCUT2D eigenvalue weighted by Gasteiger charge is 2.29. The van der Waals surface area contributed by atoms with Gasteiger partial charge in [-0.3, -0.25) is 4.31 Å². The average molecular weight is 461 g/mol. The third kappa shape index (κ3) is 5.39. The van der Waals surface area contributed by atoms with Crippen LogP contribution >= 0.6 is 0 Å². The molecule has 0 amide bonds. The highest BCUT2D eigenvalue weighted by atomic mass is 32.2. The van der Waals surface area contributed by atoms with Gasteiger partial charge in [0.15, 0.2) is 5.58 Å². The zero-order chi connectivity index (χ0) is 22.7. The van der Waals surface area contributed by atoms with Gasteiger partial charge >= 0.3 is 10.2 Å². The van der Waals surface area contributed by atoms with Crippen molar-refractivity contribution in [3.05, 3.63) is 54.3 Å². The molecule has 3 aromatic rings. The molecule has 1 fully saturated rings. The molecule has 0 spiro atoms. The average Bonchev–Trinajstić information content (AvgIpc) is 3.14. The zero-order valence-electron chi connectivity index (χ0n) is 18.3. The summed E-state index contributed by atoms with van der Waals surface area (Å²) in [4.78, 5) is 4.37. The molecule has 172 valence electrons. The van der Waals surface area contributed by atoms with Crippen molar-refractivity contribution in [3.8, 4) is 0 Å². The molecule has 7 nitrogen and oxygen atoms in total. The highest BCUT2D eigenvalue weighted by molar-refractivity contribution is 7.90. The Labute approximate surface area is 188 Å². The predicted octanol–water partition coefficient (Wildman–Crippen LogP) is 4.69. The van der Waals surface area contributed by atoms with E-state index in [1.165, 1.54) is 16.4 Å². The lowest BCUT2D eigenvalue weighted by Gasteiger charge is -2.33. The third-order valence-electron chi connectivity index (χ3n) is 5.67.